The maximum absolute atomic E-state index is 5.56. The SMILES string of the molecule is CCOCCC1(CBr)CCCc2ccccc21. The molecular formula is C15H21BrO. The number of alkyl halides is 1. The van der Waals surface area contributed by atoms with Crippen LogP contribution in [0, 0.1) is 0 Å². The number of hydrogen-bond donors (Lipinski definition) is 0. The molecule has 2 rings (SSSR count). The van der Waals surface area contributed by atoms with Gasteiger partial charge in [0.25, 0.3) is 0 Å². The van der Waals surface area contributed by atoms with E-state index in [0.29, 0.717) is 5.41 Å². The van der Waals surface area contributed by atoms with Gasteiger partial charge in [-0.2, -0.15) is 0 Å². The van der Waals surface area contributed by atoms with E-state index in [1.54, 1.807) is 5.56 Å². The molecule has 0 N–H and O–H groups in total. The van der Waals surface area contributed by atoms with Gasteiger partial charge in [-0.1, -0.05) is 40.2 Å². The molecule has 0 aliphatic heterocycles. The second-order valence-electron chi connectivity index (χ2n) is 4.87. The maximum Gasteiger partial charge on any atom is 0.0474 e. The average molecular weight is 297 g/mol. The second kappa shape index (κ2) is 6.01. The average Bonchev–Trinajstić information content (AvgIpc) is 2.39. The van der Waals surface area contributed by atoms with Crippen molar-refractivity contribution in [2.45, 2.75) is 38.0 Å². The Kier molecular flexibility index (Phi) is 4.63. The van der Waals surface area contributed by atoms with Crippen LogP contribution in [0.3, 0.4) is 0 Å². The molecule has 0 aromatic heterocycles. The maximum atomic E-state index is 5.56. The first-order valence-electron chi connectivity index (χ1n) is 6.54. The van der Waals surface area contributed by atoms with E-state index >= 15 is 0 Å². The molecule has 1 aromatic rings. The van der Waals surface area contributed by atoms with Gasteiger partial charge in [0, 0.05) is 24.0 Å². The molecule has 1 unspecified atom stereocenters. The van der Waals surface area contributed by atoms with Crippen molar-refractivity contribution in [3.8, 4) is 0 Å². The minimum absolute atomic E-state index is 0.296. The summed E-state index contributed by atoms with van der Waals surface area (Å²) in [6, 6.07) is 8.92. The summed E-state index contributed by atoms with van der Waals surface area (Å²) in [6.45, 7) is 3.76. The Morgan fingerprint density at radius 2 is 2.18 bits per heavy atom. The van der Waals surface area contributed by atoms with Crippen molar-refractivity contribution < 1.29 is 4.74 Å². The van der Waals surface area contributed by atoms with Crippen LogP contribution in [-0.2, 0) is 16.6 Å². The number of ether oxygens (including phenoxy) is 1. The molecule has 1 aromatic carbocycles. The minimum Gasteiger partial charge on any atom is -0.382 e. The second-order valence-corrected chi connectivity index (χ2v) is 5.43. The van der Waals surface area contributed by atoms with Crippen molar-refractivity contribution >= 4 is 15.9 Å². The Morgan fingerprint density at radius 3 is 2.94 bits per heavy atom. The standard InChI is InChI=1S/C15H21BrO/c1-2-17-11-10-15(12-16)9-5-7-13-6-3-4-8-14(13)15/h3-4,6,8H,2,5,7,9-12H2,1H3. The molecule has 2 heteroatoms. The van der Waals surface area contributed by atoms with Gasteiger partial charge in [0.1, 0.15) is 0 Å². The van der Waals surface area contributed by atoms with E-state index in [4.69, 9.17) is 4.74 Å². The highest BCUT2D eigenvalue weighted by atomic mass is 79.9. The highest BCUT2D eigenvalue weighted by molar-refractivity contribution is 9.09. The predicted octanol–water partition coefficient (Wildman–Crippen LogP) is 4.08. The van der Waals surface area contributed by atoms with Crippen LogP contribution in [0.2, 0.25) is 0 Å². The van der Waals surface area contributed by atoms with E-state index in [9.17, 15) is 0 Å². The van der Waals surface area contributed by atoms with Gasteiger partial charge in [0.2, 0.25) is 0 Å². The van der Waals surface area contributed by atoms with Crippen molar-refractivity contribution in [1.29, 1.82) is 0 Å². The highest BCUT2D eigenvalue weighted by Gasteiger charge is 2.34. The van der Waals surface area contributed by atoms with E-state index in [1.165, 1.54) is 24.8 Å². The van der Waals surface area contributed by atoms with Crippen LogP contribution in [0.1, 0.15) is 37.3 Å². The van der Waals surface area contributed by atoms with Crippen LogP contribution in [0.4, 0.5) is 0 Å². The van der Waals surface area contributed by atoms with Gasteiger partial charge in [-0.3, -0.25) is 0 Å². The van der Waals surface area contributed by atoms with Crippen LogP contribution >= 0.6 is 15.9 Å². The summed E-state index contributed by atoms with van der Waals surface area (Å²) in [5.41, 5.74) is 3.38. The largest absolute Gasteiger partial charge is 0.382 e. The monoisotopic (exact) mass is 296 g/mol. The van der Waals surface area contributed by atoms with Crippen molar-refractivity contribution in [3.05, 3.63) is 35.4 Å². The van der Waals surface area contributed by atoms with Crippen LogP contribution in [-0.4, -0.2) is 18.5 Å². The van der Waals surface area contributed by atoms with Crippen LogP contribution in [0.5, 0.6) is 0 Å². The van der Waals surface area contributed by atoms with E-state index in [-0.39, 0.29) is 0 Å². The lowest BCUT2D eigenvalue weighted by molar-refractivity contribution is 0.124. The van der Waals surface area contributed by atoms with E-state index < -0.39 is 0 Å². The van der Waals surface area contributed by atoms with Gasteiger partial charge in [-0.25, -0.2) is 0 Å². The summed E-state index contributed by atoms with van der Waals surface area (Å²) in [5.74, 6) is 0. The lowest BCUT2D eigenvalue weighted by Gasteiger charge is -2.38. The number of rotatable bonds is 5. The first kappa shape index (κ1) is 13.1. The number of halogens is 1. The quantitative estimate of drug-likeness (QED) is 0.588. The summed E-state index contributed by atoms with van der Waals surface area (Å²) in [4.78, 5) is 0. The Labute approximate surface area is 113 Å². The first-order chi connectivity index (χ1) is 8.32. The normalized spacial score (nSPS) is 23.4. The zero-order valence-electron chi connectivity index (χ0n) is 10.5. The molecule has 0 saturated carbocycles. The molecule has 0 saturated heterocycles. The Bertz CT molecular complexity index is 364. The lowest BCUT2D eigenvalue weighted by atomic mass is 9.69. The van der Waals surface area contributed by atoms with E-state index in [1.807, 2.05) is 0 Å². The molecule has 0 bridgehead atoms. The minimum atomic E-state index is 0.296. The smallest absolute Gasteiger partial charge is 0.0474 e. The van der Waals surface area contributed by atoms with Gasteiger partial charge in [-0.15, -0.1) is 0 Å². The van der Waals surface area contributed by atoms with Crippen molar-refractivity contribution in [1.82, 2.24) is 0 Å². The Hall–Kier alpha value is -0.340. The highest BCUT2D eigenvalue weighted by Crippen LogP contribution is 2.41. The number of benzene rings is 1. The van der Waals surface area contributed by atoms with E-state index in [2.05, 4.69) is 47.1 Å². The molecule has 0 fully saturated rings. The molecule has 1 aliphatic carbocycles. The molecule has 1 nitrogen and oxygen atoms in total. The molecule has 1 aliphatic rings. The number of hydrogen-bond acceptors (Lipinski definition) is 1. The summed E-state index contributed by atoms with van der Waals surface area (Å²) in [5, 5.41) is 1.05. The molecule has 1 atom stereocenters. The Balaban J connectivity index is 2.22. The third-order valence-electron chi connectivity index (χ3n) is 3.88. The van der Waals surface area contributed by atoms with Crippen molar-refractivity contribution in [2.24, 2.45) is 0 Å². The first-order valence-corrected chi connectivity index (χ1v) is 7.66. The van der Waals surface area contributed by atoms with Gasteiger partial charge in [0.05, 0.1) is 0 Å². The fourth-order valence-electron chi connectivity index (χ4n) is 2.88. The van der Waals surface area contributed by atoms with Crippen LogP contribution in [0.15, 0.2) is 24.3 Å². The van der Waals surface area contributed by atoms with Gasteiger partial charge < -0.3 is 4.74 Å². The zero-order valence-corrected chi connectivity index (χ0v) is 12.1. The van der Waals surface area contributed by atoms with Gasteiger partial charge in [0.15, 0.2) is 0 Å². The molecule has 0 amide bonds. The van der Waals surface area contributed by atoms with Gasteiger partial charge >= 0.3 is 0 Å². The molecular weight excluding hydrogens is 276 g/mol. The van der Waals surface area contributed by atoms with Crippen LogP contribution < -0.4 is 0 Å². The summed E-state index contributed by atoms with van der Waals surface area (Å²) < 4.78 is 5.56. The molecule has 0 heterocycles. The fourth-order valence-corrected chi connectivity index (χ4v) is 3.75. The molecule has 0 spiro atoms. The van der Waals surface area contributed by atoms with Gasteiger partial charge in [-0.05, 0) is 43.7 Å². The van der Waals surface area contributed by atoms with Crippen molar-refractivity contribution in [2.75, 3.05) is 18.5 Å². The predicted molar refractivity (Wildman–Crippen MR) is 76.0 cm³/mol. The summed E-state index contributed by atoms with van der Waals surface area (Å²) in [6.07, 6.45) is 4.94. The fraction of sp³-hybridized carbons (Fsp3) is 0.600. The third-order valence-corrected chi connectivity index (χ3v) is 4.95. The Morgan fingerprint density at radius 1 is 1.35 bits per heavy atom. The molecule has 17 heavy (non-hydrogen) atoms. The third kappa shape index (κ3) is 2.74. The number of fused-ring (bicyclic) bond motifs is 1. The number of aryl methyl sites for hydroxylation is 1. The summed E-state index contributed by atoms with van der Waals surface area (Å²) >= 11 is 3.73. The topological polar surface area (TPSA) is 9.23 Å². The molecule has 94 valence electrons. The summed E-state index contributed by atoms with van der Waals surface area (Å²) in [7, 11) is 0. The zero-order chi connectivity index (χ0) is 12.1. The molecule has 0 radical (unpaired) electrons. The van der Waals surface area contributed by atoms with Crippen LogP contribution in [0.25, 0.3) is 0 Å². The lowest BCUT2D eigenvalue weighted by Crippen LogP contribution is -2.34. The van der Waals surface area contributed by atoms with E-state index in [0.717, 1.165) is 25.0 Å². The van der Waals surface area contributed by atoms with Crippen molar-refractivity contribution in [3.63, 3.8) is 0 Å².